The van der Waals surface area contributed by atoms with Gasteiger partial charge in [-0.15, -0.1) is 11.3 Å². The van der Waals surface area contributed by atoms with Crippen LogP contribution in [0.1, 0.15) is 57.3 Å². The molecule has 3 heterocycles. The average Bonchev–Trinajstić information content (AvgIpc) is 3.47. The number of aromatic nitrogens is 2. The number of hydrogen-bond acceptors (Lipinski definition) is 9. The molecule has 0 aliphatic carbocycles. The lowest BCUT2D eigenvalue weighted by molar-refractivity contribution is 0.0517. The Balaban J connectivity index is 1.35. The first-order valence-corrected chi connectivity index (χ1v) is 16.0. The van der Waals surface area contributed by atoms with Crippen molar-refractivity contribution in [2.75, 3.05) is 47.4 Å². The zero-order valence-corrected chi connectivity index (χ0v) is 27.7. The fourth-order valence-electron chi connectivity index (χ4n) is 4.97. The summed E-state index contributed by atoms with van der Waals surface area (Å²) in [6.45, 7) is 10.6. The first kappa shape index (κ1) is 33.2. The molecule has 0 saturated carbocycles. The number of carbonyl (C=O) groups excluding carboxylic acids is 2. The number of benzene rings is 1. The van der Waals surface area contributed by atoms with Crippen LogP contribution < -0.4 is 14.8 Å². The number of amides is 2. The molecular formula is C33H45N5O5S. The Morgan fingerprint density at radius 3 is 2.59 bits per heavy atom. The van der Waals surface area contributed by atoms with Gasteiger partial charge in [0.15, 0.2) is 0 Å². The Morgan fingerprint density at radius 2 is 1.89 bits per heavy atom. The number of carbonyl (C=O) groups is 2. The highest BCUT2D eigenvalue weighted by Crippen LogP contribution is 2.33. The number of rotatable bonds is 11. The van der Waals surface area contributed by atoms with E-state index in [2.05, 4.69) is 29.2 Å². The Labute approximate surface area is 264 Å². The normalized spacial score (nSPS) is 15.0. The van der Waals surface area contributed by atoms with E-state index in [0.29, 0.717) is 30.2 Å². The first-order chi connectivity index (χ1) is 20.9. The van der Waals surface area contributed by atoms with Crippen molar-refractivity contribution in [1.82, 2.24) is 25.1 Å². The van der Waals surface area contributed by atoms with Gasteiger partial charge >= 0.3 is 6.09 Å². The fraction of sp³-hybridized carbons (Fsp3) is 0.515. The molecule has 4 rings (SSSR count). The summed E-state index contributed by atoms with van der Waals surface area (Å²) in [5.74, 6) is 1.48. The molecule has 1 aromatic carbocycles. The predicted octanol–water partition coefficient (Wildman–Crippen LogP) is 5.98. The second kappa shape index (κ2) is 14.9. The molecule has 1 atom stereocenters. The lowest BCUT2D eigenvalue weighted by atomic mass is 10.0. The molecule has 2 amide bonds. The lowest BCUT2D eigenvalue weighted by Crippen LogP contribution is -2.44. The van der Waals surface area contributed by atoms with Crippen LogP contribution in [0.15, 0.2) is 42.0 Å². The van der Waals surface area contributed by atoms with E-state index in [1.807, 2.05) is 62.4 Å². The smallest absolute Gasteiger partial charge is 0.407 e. The zero-order chi connectivity index (χ0) is 31.9. The van der Waals surface area contributed by atoms with Crippen LogP contribution in [0, 0.1) is 5.92 Å². The predicted molar refractivity (Wildman–Crippen MR) is 173 cm³/mol. The summed E-state index contributed by atoms with van der Waals surface area (Å²) in [7, 11) is 5.57. The quantitative estimate of drug-likeness (QED) is 0.278. The van der Waals surface area contributed by atoms with Crippen molar-refractivity contribution in [1.29, 1.82) is 0 Å². The van der Waals surface area contributed by atoms with Gasteiger partial charge in [0.25, 0.3) is 5.91 Å². The highest BCUT2D eigenvalue weighted by molar-refractivity contribution is 7.13. The topological polar surface area (TPSA) is 106 Å². The number of likely N-dealkylation sites (tertiary alicyclic amines) is 1. The molecule has 1 N–H and O–H groups in total. The van der Waals surface area contributed by atoms with Crippen LogP contribution in [0.5, 0.6) is 11.5 Å². The van der Waals surface area contributed by atoms with Gasteiger partial charge in [-0.25, -0.2) is 9.78 Å². The number of piperidine rings is 1. The van der Waals surface area contributed by atoms with Crippen LogP contribution in [0.3, 0.4) is 0 Å². The van der Waals surface area contributed by atoms with Gasteiger partial charge in [0.05, 0.1) is 47.9 Å². The molecule has 1 saturated heterocycles. The van der Waals surface area contributed by atoms with Gasteiger partial charge in [0, 0.05) is 36.6 Å². The van der Waals surface area contributed by atoms with Gasteiger partial charge in [-0.2, -0.15) is 0 Å². The number of thiophene rings is 1. The highest BCUT2D eigenvalue weighted by Gasteiger charge is 2.26. The Bertz CT molecular complexity index is 1410. The summed E-state index contributed by atoms with van der Waals surface area (Å²) in [4.78, 5) is 39.6. The molecule has 1 aliphatic rings. The van der Waals surface area contributed by atoms with E-state index in [1.165, 1.54) is 11.3 Å². The van der Waals surface area contributed by atoms with Gasteiger partial charge in [-0.1, -0.05) is 13.0 Å². The Hall–Kier alpha value is -3.70. The van der Waals surface area contributed by atoms with E-state index >= 15 is 0 Å². The largest absolute Gasteiger partial charge is 0.496 e. The van der Waals surface area contributed by atoms with Gasteiger partial charge in [-0.05, 0) is 78.2 Å². The standard InChI is InChI=1S/C33H45N5O5S/c1-22(18-35-32(40)43-33(2,3)4)12-15-42-25-17-30(44-21-25)28-20-34-19-27(36-28)23-8-9-26(29(16-23)41-7)31(39)38(6)24-10-13-37(5)14-11-24/h8-9,16-17,19-22,24H,10-15,18H2,1-7H3,(H,35,40)/t22-/m0/s1. The molecule has 44 heavy (non-hydrogen) atoms. The first-order valence-electron chi connectivity index (χ1n) is 15.1. The second-order valence-electron chi connectivity index (χ2n) is 12.4. The third-order valence-electron chi connectivity index (χ3n) is 7.62. The molecular weight excluding hydrogens is 578 g/mol. The van der Waals surface area contributed by atoms with E-state index in [-0.39, 0.29) is 17.9 Å². The number of nitrogens with one attached hydrogen (secondary N) is 1. The number of nitrogens with zero attached hydrogens (tertiary/aromatic N) is 4. The molecule has 11 heteroatoms. The molecule has 1 aliphatic heterocycles. The van der Waals surface area contributed by atoms with Crippen LogP contribution in [0.4, 0.5) is 4.79 Å². The maximum absolute atomic E-state index is 13.4. The summed E-state index contributed by atoms with van der Waals surface area (Å²) in [6.07, 6.45) is 5.74. The molecule has 1 fully saturated rings. The fourth-order valence-corrected chi connectivity index (χ4v) is 5.75. The zero-order valence-electron chi connectivity index (χ0n) is 26.9. The SMILES string of the molecule is COc1cc(-c2cncc(-c3cc(OCC[C@H](C)CNC(=O)OC(C)(C)C)cs3)n2)ccc1C(=O)N(C)C1CCN(C)CC1. The molecule has 0 spiro atoms. The summed E-state index contributed by atoms with van der Waals surface area (Å²) < 4.78 is 16.9. The number of methoxy groups -OCH3 is 1. The number of hydrogen-bond donors (Lipinski definition) is 1. The number of alkyl carbamates (subject to hydrolysis) is 1. The summed E-state index contributed by atoms with van der Waals surface area (Å²) >= 11 is 1.54. The summed E-state index contributed by atoms with van der Waals surface area (Å²) in [5, 5.41) is 4.77. The molecule has 2 aromatic heterocycles. The Morgan fingerprint density at radius 1 is 1.16 bits per heavy atom. The monoisotopic (exact) mass is 623 g/mol. The van der Waals surface area contributed by atoms with Crippen LogP contribution >= 0.6 is 11.3 Å². The van der Waals surface area contributed by atoms with Gasteiger partial charge < -0.3 is 29.3 Å². The van der Waals surface area contributed by atoms with Gasteiger partial charge in [0.1, 0.15) is 17.1 Å². The molecule has 0 radical (unpaired) electrons. The molecule has 3 aromatic rings. The van der Waals surface area contributed by atoms with E-state index in [9.17, 15) is 9.59 Å². The average molecular weight is 624 g/mol. The maximum Gasteiger partial charge on any atom is 0.407 e. The third kappa shape index (κ3) is 9.15. The minimum absolute atomic E-state index is 0.0393. The second-order valence-corrected chi connectivity index (χ2v) is 13.3. The Kier molecular flexibility index (Phi) is 11.2. The molecule has 10 nitrogen and oxygen atoms in total. The van der Waals surface area contributed by atoms with E-state index in [0.717, 1.165) is 54.2 Å². The van der Waals surface area contributed by atoms with E-state index < -0.39 is 11.7 Å². The van der Waals surface area contributed by atoms with Crippen molar-refractivity contribution >= 4 is 23.3 Å². The van der Waals surface area contributed by atoms with Crippen molar-refractivity contribution in [2.45, 2.75) is 58.6 Å². The minimum Gasteiger partial charge on any atom is -0.496 e. The molecule has 0 unspecified atom stereocenters. The van der Waals surface area contributed by atoms with Gasteiger partial charge in [0.2, 0.25) is 0 Å². The number of ether oxygens (including phenoxy) is 3. The maximum atomic E-state index is 13.4. The third-order valence-corrected chi connectivity index (χ3v) is 8.55. The molecule has 0 bridgehead atoms. The highest BCUT2D eigenvalue weighted by atomic mass is 32.1. The lowest BCUT2D eigenvalue weighted by Gasteiger charge is -2.35. The van der Waals surface area contributed by atoms with Crippen LogP contribution in [0.2, 0.25) is 0 Å². The van der Waals surface area contributed by atoms with E-state index in [4.69, 9.17) is 19.2 Å². The molecule has 238 valence electrons. The van der Waals surface area contributed by atoms with Crippen molar-refractivity contribution in [2.24, 2.45) is 5.92 Å². The van der Waals surface area contributed by atoms with Crippen molar-refractivity contribution in [3.63, 3.8) is 0 Å². The van der Waals surface area contributed by atoms with Crippen molar-refractivity contribution in [3.8, 4) is 33.3 Å². The van der Waals surface area contributed by atoms with Crippen LogP contribution in [0.25, 0.3) is 21.8 Å². The minimum atomic E-state index is -0.516. The summed E-state index contributed by atoms with van der Waals surface area (Å²) in [6, 6.07) is 7.75. The van der Waals surface area contributed by atoms with E-state index in [1.54, 1.807) is 19.5 Å². The van der Waals surface area contributed by atoms with Crippen LogP contribution in [-0.2, 0) is 4.74 Å². The van der Waals surface area contributed by atoms with Gasteiger partial charge in [-0.3, -0.25) is 9.78 Å². The van der Waals surface area contributed by atoms with Crippen molar-refractivity contribution in [3.05, 3.63) is 47.6 Å². The van der Waals surface area contributed by atoms with Crippen LogP contribution in [-0.4, -0.2) is 90.9 Å². The summed E-state index contributed by atoms with van der Waals surface area (Å²) in [5.41, 5.74) is 2.26. The van der Waals surface area contributed by atoms with Crippen molar-refractivity contribution < 1.29 is 23.8 Å².